The summed E-state index contributed by atoms with van der Waals surface area (Å²) >= 11 is 0. The molecule has 2 aliphatic rings. The zero-order chi connectivity index (χ0) is 44.0. The number of aliphatic hydroxyl groups excluding tert-OH is 1. The number of para-hydroxylation sites is 2. The van der Waals surface area contributed by atoms with Gasteiger partial charge < -0.3 is 41.0 Å². The molecule has 64 heavy (non-hydrogen) atoms. The standard InChI is InChI=1S/C23H19F2N3O4.C16H14F2N2O2.C6H7NO.CH4.ClH/c24-18-7-6-15(11-19(18)25)27-22(29)17-5-1-4-16-20(8-10-31-21(16)17)28-23(30)32-13-14-3-2-9-26-12-14;17-12-5-4-9(8-13(12)18)20-16(21)11-3-1-2-10-14(19)6-7-22-15(10)11;8-5-6-2-1-3-7-4-6;;/h1-7,9,11-12,20H,8,10,13H2,(H,27,29)(H,28,30);1-5,8,14H,6-7,19H2,(H,20,21);1-4,8H,5H2;1H4;1H. The molecule has 0 radical (unpaired) electrons. The Morgan fingerprint density at radius 1 is 0.688 bits per heavy atom. The second-order valence-electron chi connectivity index (χ2n) is 13.6. The highest BCUT2D eigenvalue weighted by Crippen LogP contribution is 2.36. The molecule has 336 valence electrons. The minimum absolute atomic E-state index is 0. The van der Waals surface area contributed by atoms with E-state index in [-0.39, 0.29) is 62.6 Å². The summed E-state index contributed by atoms with van der Waals surface area (Å²) < 4.78 is 69.2. The lowest BCUT2D eigenvalue weighted by atomic mass is 9.97. The van der Waals surface area contributed by atoms with Crippen LogP contribution in [-0.2, 0) is 18.0 Å². The number of carbonyl (C=O) groups excluding carboxylic acids is 3. The van der Waals surface area contributed by atoms with E-state index in [1.807, 2.05) is 12.1 Å². The van der Waals surface area contributed by atoms with Crippen LogP contribution < -0.4 is 31.2 Å². The third-order valence-electron chi connectivity index (χ3n) is 9.33. The van der Waals surface area contributed by atoms with Crippen LogP contribution in [0, 0.1) is 23.3 Å². The van der Waals surface area contributed by atoms with Crippen LogP contribution in [0.2, 0.25) is 0 Å². The highest BCUT2D eigenvalue weighted by molar-refractivity contribution is 6.07. The Labute approximate surface area is 372 Å². The second-order valence-corrected chi connectivity index (χ2v) is 13.6. The predicted octanol–water partition coefficient (Wildman–Crippen LogP) is 8.99. The van der Waals surface area contributed by atoms with E-state index < -0.39 is 47.2 Å². The molecular formula is C46H45ClF4N6O7. The molecule has 0 saturated heterocycles. The van der Waals surface area contributed by atoms with Gasteiger partial charge in [-0.05, 0) is 54.1 Å². The van der Waals surface area contributed by atoms with Crippen LogP contribution in [0.15, 0.2) is 122 Å². The van der Waals surface area contributed by atoms with Gasteiger partial charge in [0.25, 0.3) is 11.8 Å². The molecule has 2 aromatic heterocycles. The van der Waals surface area contributed by atoms with Crippen LogP contribution in [-0.4, -0.2) is 46.2 Å². The van der Waals surface area contributed by atoms with Crippen LogP contribution in [0.25, 0.3) is 0 Å². The Balaban J connectivity index is 0.000000242. The third-order valence-corrected chi connectivity index (χ3v) is 9.33. The lowest BCUT2D eigenvalue weighted by Gasteiger charge is -2.27. The van der Waals surface area contributed by atoms with E-state index in [4.69, 9.17) is 25.1 Å². The van der Waals surface area contributed by atoms with Crippen molar-refractivity contribution >= 4 is 41.7 Å². The van der Waals surface area contributed by atoms with Crippen molar-refractivity contribution in [2.45, 2.75) is 45.6 Å². The number of halogens is 5. The first-order valence-electron chi connectivity index (χ1n) is 19.1. The number of benzene rings is 4. The Morgan fingerprint density at radius 3 is 1.70 bits per heavy atom. The number of amides is 3. The summed E-state index contributed by atoms with van der Waals surface area (Å²) in [5.74, 6) is -4.31. The number of aromatic nitrogens is 2. The summed E-state index contributed by atoms with van der Waals surface area (Å²) in [7, 11) is 0. The van der Waals surface area contributed by atoms with E-state index in [0.717, 1.165) is 41.0 Å². The van der Waals surface area contributed by atoms with Gasteiger partial charge in [-0.1, -0.05) is 43.8 Å². The molecule has 3 amide bonds. The van der Waals surface area contributed by atoms with Crippen molar-refractivity contribution in [3.05, 3.63) is 178 Å². The highest BCUT2D eigenvalue weighted by atomic mass is 35.5. The number of nitrogens with zero attached hydrogens (tertiary/aromatic N) is 2. The normalized spacial score (nSPS) is 14.2. The fourth-order valence-electron chi connectivity index (χ4n) is 6.24. The Morgan fingerprint density at radius 2 is 1.20 bits per heavy atom. The van der Waals surface area contributed by atoms with Crippen molar-refractivity contribution < 1.29 is 51.3 Å². The third kappa shape index (κ3) is 13.2. The topological polar surface area (TPSA) is 187 Å². The molecule has 8 rings (SSSR count). The van der Waals surface area contributed by atoms with E-state index in [0.29, 0.717) is 42.1 Å². The molecule has 0 spiro atoms. The maximum Gasteiger partial charge on any atom is 0.407 e. The number of nitrogens with two attached hydrogens (primary N) is 1. The van der Waals surface area contributed by atoms with Gasteiger partial charge in [0.1, 0.15) is 18.1 Å². The highest BCUT2D eigenvalue weighted by Gasteiger charge is 2.28. The summed E-state index contributed by atoms with van der Waals surface area (Å²) in [6.45, 7) is 0.861. The molecular weight excluding hydrogens is 860 g/mol. The number of carbonyl (C=O) groups is 3. The zero-order valence-electron chi connectivity index (χ0n) is 33.2. The molecule has 0 bridgehead atoms. The largest absolute Gasteiger partial charge is 0.492 e. The summed E-state index contributed by atoms with van der Waals surface area (Å²) in [5.41, 5.74) is 9.80. The van der Waals surface area contributed by atoms with E-state index in [1.165, 1.54) is 12.1 Å². The van der Waals surface area contributed by atoms with Gasteiger partial charge >= 0.3 is 6.09 Å². The maximum absolute atomic E-state index is 13.4. The molecule has 4 aromatic carbocycles. The van der Waals surface area contributed by atoms with Gasteiger partial charge in [-0.25, -0.2) is 22.4 Å². The molecule has 2 unspecified atom stereocenters. The zero-order valence-corrected chi connectivity index (χ0v) is 34.0. The number of fused-ring (bicyclic) bond motifs is 2. The number of nitrogens with one attached hydrogen (secondary N) is 3. The van der Waals surface area contributed by atoms with Gasteiger partial charge in [0, 0.05) is 83.9 Å². The fourth-order valence-corrected chi connectivity index (χ4v) is 6.24. The smallest absolute Gasteiger partial charge is 0.407 e. The van der Waals surface area contributed by atoms with Gasteiger partial charge in [-0.15, -0.1) is 12.4 Å². The number of hydrogen-bond acceptors (Lipinski definition) is 10. The molecule has 0 fully saturated rings. The van der Waals surface area contributed by atoms with Gasteiger partial charge in [0.15, 0.2) is 23.3 Å². The summed E-state index contributed by atoms with van der Waals surface area (Å²) in [4.78, 5) is 45.1. The van der Waals surface area contributed by atoms with Gasteiger partial charge in [-0.3, -0.25) is 19.6 Å². The lowest BCUT2D eigenvalue weighted by Crippen LogP contribution is -2.33. The van der Waals surface area contributed by atoms with E-state index in [2.05, 4.69) is 25.9 Å². The first-order valence-corrected chi connectivity index (χ1v) is 19.1. The van der Waals surface area contributed by atoms with Crippen molar-refractivity contribution in [2.24, 2.45) is 5.73 Å². The van der Waals surface area contributed by atoms with Gasteiger partial charge in [-0.2, -0.15) is 0 Å². The Bertz CT molecular complexity index is 2510. The van der Waals surface area contributed by atoms with Crippen molar-refractivity contribution in [3.63, 3.8) is 0 Å². The lowest BCUT2D eigenvalue weighted by molar-refractivity contribution is 0.101. The molecule has 6 aromatic rings. The Hall–Kier alpha value is -7.08. The molecule has 0 saturated carbocycles. The number of pyridine rings is 2. The molecule has 0 aliphatic carbocycles. The van der Waals surface area contributed by atoms with Crippen molar-refractivity contribution in [1.29, 1.82) is 0 Å². The van der Waals surface area contributed by atoms with Crippen LogP contribution in [0.3, 0.4) is 0 Å². The minimum atomic E-state index is -1.07. The number of rotatable bonds is 8. The fraction of sp³-hybridized carbons (Fsp3) is 0.196. The molecule has 2 aliphatic heterocycles. The first-order chi connectivity index (χ1) is 30.0. The average Bonchev–Trinajstić information content (AvgIpc) is 3.29. The monoisotopic (exact) mass is 904 g/mol. The van der Waals surface area contributed by atoms with Crippen LogP contribution in [0.4, 0.5) is 33.7 Å². The minimum Gasteiger partial charge on any atom is -0.492 e. The molecule has 13 nitrogen and oxygen atoms in total. The molecule has 6 N–H and O–H groups in total. The quantitative estimate of drug-likeness (QED) is 0.0923. The van der Waals surface area contributed by atoms with Crippen LogP contribution >= 0.6 is 12.4 Å². The van der Waals surface area contributed by atoms with Crippen molar-refractivity contribution in [2.75, 3.05) is 23.8 Å². The summed E-state index contributed by atoms with van der Waals surface area (Å²) in [6.07, 6.45) is 7.12. The Kier molecular flexibility index (Phi) is 18.6. The SMILES string of the molecule is C.Cl.NC1CCOc2c(C(=O)Nc3ccc(F)c(F)c3)cccc21.O=C(NC1CCOc2c(C(=O)Nc3ccc(F)c(F)c3)cccc21)OCc1cccnc1.OCc1cccnc1. The van der Waals surface area contributed by atoms with Crippen LogP contribution in [0.1, 0.15) is 75.3 Å². The predicted molar refractivity (Wildman–Crippen MR) is 233 cm³/mol. The van der Waals surface area contributed by atoms with Crippen LogP contribution in [0.5, 0.6) is 11.5 Å². The molecule has 4 heterocycles. The van der Waals surface area contributed by atoms with Crippen molar-refractivity contribution in [1.82, 2.24) is 15.3 Å². The summed E-state index contributed by atoms with van der Waals surface area (Å²) in [5, 5.41) is 16.3. The average molecular weight is 905 g/mol. The number of hydrogen-bond donors (Lipinski definition) is 5. The van der Waals surface area contributed by atoms with E-state index in [9.17, 15) is 31.9 Å². The maximum atomic E-state index is 13.4. The molecule has 2 atom stereocenters. The van der Waals surface area contributed by atoms with Gasteiger partial charge in [0.2, 0.25) is 0 Å². The number of ether oxygens (including phenoxy) is 3. The second kappa shape index (κ2) is 23.9. The number of alkyl carbamates (subject to hydrolysis) is 1. The van der Waals surface area contributed by atoms with Gasteiger partial charge in [0.05, 0.1) is 37.0 Å². The van der Waals surface area contributed by atoms with E-state index in [1.54, 1.807) is 73.3 Å². The number of anilines is 2. The summed E-state index contributed by atoms with van der Waals surface area (Å²) in [6, 6.07) is 22.9. The number of aliphatic hydroxyl groups is 1. The molecule has 18 heteroatoms. The first kappa shape index (κ1) is 49.6. The van der Waals surface area contributed by atoms with Crippen molar-refractivity contribution in [3.8, 4) is 11.5 Å². The van der Waals surface area contributed by atoms with E-state index >= 15 is 0 Å².